The molecule has 4 aromatic rings. The van der Waals surface area contributed by atoms with E-state index < -0.39 is 28.7 Å². The standard InChI is InChI=1S/C23H31ClN4O4.C22H29ClN4O4/c1-3-25-20(29)14-27-16(2)13-28(22(27)31)17-8-9-19(24)18(12-17)21(30)26-15-23(32)10-6-4-5-7-11-23;1-2-24-19(28)14-26-11-12-27(21(26)30)16-7-8-18(23)17(13-16)20(29)25-15-22(31)9-5-3-4-6-10-22/h8-9,12-13,32H,3-7,10-11,14-15H2,1-2H3,(H,25,29)(H,26,30);7-8,11-13,31H,2-6,9-10,14-15H2,1H3,(H,24,28)(H,25,29). The van der Waals surface area contributed by atoms with E-state index >= 15 is 0 Å². The van der Waals surface area contributed by atoms with Crippen LogP contribution in [0.15, 0.2) is 64.6 Å². The second-order valence-electron chi connectivity index (χ2n) is 16.5. The lowest BCUT2D eigenvalue weighted by atomic mass is 9.94. The van der Waals surface area contributed by atoms with Crippen LogP contribution in [0.25, 0.3) is 11.4 Å². The SMILES string of the molecule is CCNC(=O)Cn1c(C)cn(-c2ccc(Cl)c(C(=O)NCC3(O)CCCCCC3)c2)c1=O.CCNC(=O)Cn1ccn(-c2ccc(Cl)c(C(=O)NCC3(O)CCCCCC3)c2)c1=O. The second-order valence-corrected chi connectivity index (χ2v) is 17.3. The third kappa shape index (κ3) is 13.2. The number of nitrogens with zero attached hydrogens (tertiary/aromatic N) is 4. The maximum atomic E-state index is 12.9. The molecule has 2 aliphatic carbocycles. The molecule has 0 bridgehead atoms. The first-order valence-electron chi connectivity index (χ1n) is 21.8. The van der Waals surface area contributed by atoms with Crippen LogP contribution in [0.2, 0.25) is 10.0 Å². The normalized spacial score (nSPS) is 15.8. The molecule has 0 aliphatic heterocycles. The number of imidazole rings is 2. The summed E-state index contributed by atoms with van der Waals surface area (Å²) in [6.07, 6.45) is 15.5. The summed E-state index contributed by atoms with van der Waals surface area (Å²) in [6, 6.07) is 9.48. The zero-order chi connectivity index (χ0) is 45.7. The zero-order valence-corrected chi connectivity index (χ0v) is 37.8. The van der Waals surface area contributed by atoms with Crippen molar-refractivity contribution in [3.8, 4) is 11.4 Å². The summed E-state index contributed by atoms with van der Waals surface area (Å²) in [4.78, 5) is 74.9. The third-order valence-corrected chi connectivity index (χ3v) is 12.2. The number of aliphatic hydroxyl groups is 2. The summed E-state index contributed by atoms with van der Waals surface area (Å²) >= 11 is 12.5. The van der Waals surface area contributed by atoms with Crippen molar-refractivity contribution < 1.29 is 29.4 Å². The molecule has 0 saturated heterocycles. The van der Waals surface area contributed by atoms with E-state index in [2.05, 4.69) is 21.3 Å². The van der Waals surface area contributed by atoms with Crippen LogP contribution in [0.1, 0.15) is 117 Å². The Bertz CT molecular complexity index is 2350. The van der Waals surface area contributed by atoms with Gasteiger partial charge in [0.1, 0.15) is 13.1 Å². The number of rotatable bonds is 14. The lowest BCUT2D eigenvalue weighted by Crippen LogP contribution is -2.42. The van der Waals surface area contributed by atoms with Crippen LogP contribution in [-0.4, -0.2) is 89.5 Å². The molecule has 63 heavy (non-hydrogen) atoms. The molecule has 2 heterocycles. The van der Waals surface area contributed by atoms with Gasteiger partial charge in [-0.1, -0.05) is 74.6 Å². The highest BCUT2D eigenvalue weighted by Gasteiger charge is 2.30. The van der Waals surface area contributed by atoms with Gasteiger partial charge >= 0.3 is 11.4 Å². The molecule has 0 spiro atoms. The molecule has 0 radical (unpaired) electrons. The van der Waals surface area contributed by atoms with Gasteiger partial charge in [0.2, 0.25) is 11.8 Å². The van der Waals surface area contributed by atoms with Crippen molar-refractivity contribution in [2.24, 2.45) is 0 Å². The first-order chi connectivity index (χ1) is 30.1. The average Bonchev–Trinajstić information content (AvgIpc) is 3.51. The molecule has 4 amide bonds. The Hall–Kier alpha value is -5.16. The van der Waals surface area contributed by atoms with E-state index in [-0.39, 0.29) is 64.9 Å². The highest BCUT2D eigenvalue weighted by Crippen LogP contribution is 2.28. The number of amides is 4. The minimum atomic E-state index is -0.902. The fraction of sp³-hybridized carbons (Fsp3) is 0.511. The molecule has 2 aliphatic rings. The van der Waals surface area contributed by atoms with Gasteiger partial charge in [0.05, 0.1) is 43.7 Å². The fourth-order valence-electron chi connectivity index (χ4n) is 7.99. The predicted molar refractivity (Wildman–Crippen MR) is 242 cm³/mol. The Morgan fingerprint density at radius 3 is 1.52 bits per heavy atom. The van der Waals surface area contributed by atoms with Crippen molar-refractivity contribution in [1.29, 1.82) is 0 Å². The van der Waals surface area contributed by atoms with Gasteiger partial charge in [0, 0.05) is 50.5 Å². The summed E-state index contributed by atoms with van der Waals surface area (Å²) in [6.45, 7) is 6.49. The molecule has 16 nitrogen and oxygen atoms in total. The van der Waals surface area contributed by atoms with E-state index in [1.54, 1.807) is 56.6 Å². The van der Waals surface area contributed by atoms with Crippen LogP contribution in [0.3, 0.4) is 0 Å². The van der Waals surface area contributed by atoms with Gasteiger partial charge in [0.25, 0.3) is 11.8 Å². The van der Waals surface area contributed by atoms with Gasteiger partial charge in [-0.25, -0.2) is 9.59 Å². The largest absolute Gasteiger partial charge is 0.388 e. The fourth-order valence-corrected chi connectivity index (χ4v) is 8.39. The Kier molecular flexibility index (Phi) is 17.4. The number of likely N-dealkylation sites (N-methyl/N-ethyl adjacent to an activating group) is 2. The van der Waals surface area contributed by atoms with Gasteiger partial charge in [-0.2, -0.15) is 0 Å². The van der Waals surface area contributed by atoms with Gasteiger partial charge in [-0.3, -0.25) is 37.4 Å². The minimum absolute atomic E-state index is 0.0784. The zero-order valence-electron chi connectivity index (χ0n) is 36.3. The van der Waals surface area contributed by atoms with Gasteiger partial charge in [-0.15, -0.1) is 0 Å². The van der Waals surface area contributed by atoms with Crippen LogP contribution in [-0.2, 0) is 22.7 Å². The predicted octanol–water partition coefficient (Wildman–Crippen LogP) is 4.80. The van der Waals surface area contributed by atoms with Crippen molar-refractivity contribution in [2.75, 3.05) is 26.2 Å². The smallest absolute Gasteiger partial charge is 0.333 e. The quantitative estimate of drug-likeness (QED) is 0.0967. The number of aryl methyl sites for hydroxylation is 1. The maximum absolute atomic E-state index is 12.9. The average molecular weight is 912 g/mol. The molecular weight excluding hydrogens is 851 g/mol. The molecule has 0 atom stereocenters. The number of aromatic nitrogens is 4. The molecular formula is C45H60Cl2N8O8. The van der Waals surface area contributed by atoms with Crippen LogP contribution >= 0.6 is 23.2 Å². The van der Waals surface area contributed by atoms with E-state index in [9.17, 15) is 39.0 Å². The molecule has 2 aromatic carbocycles. The lowest BCUT2D eigenvalue weighted by molar-refractivity contribution is -0.122. The van der Waals surface area contributed by atoms with E-state index in [1.807, 2.05) is 6.92 Å². The van der Waals surface area contributed by atoms with E-state index in [0.717, 1.165) is 51.4 Å². The molecule has 18 heteroatoms. The second kappa shape index (κ2) is 22.5. The van der Waals surface area contributed by atoms with Gasteiger partial charge in [-0.05, 0) is 82.9 Å². The summed E-state index contributed by atoms with van der Waals surface area (Å²) < 4.78 is 5.41. The topological polar surface area (TPSA) is 211 Å². The Morgan fingerprint density at radius 1 is 0.619 bits per heavy atom. The number of hydrogen-bond acceptors (Lipinski definition) is 8. The van der Waals surface area contributed by atoms with Crippen LogP contribution < -0.4 is 32.6 Å². The van der Waals surface area contributed by atoms with E-state index in [1.165, 1.54) is 30.5 Å². The van der Waals surface area contributed by atoms with Crippen LogP contribution in [0, 0.1) is 6.92 Å². The third-order valence-electron chi connectivity index (χ3n) is 11.6. The first-order valence-corrected chi connectivity index (χ1v) is 22.5. The number of halogens is 2. The maximum Gasteiger partial charge on any atom is 0.333 e. The van der Waals surface area contributed by atoms with Crippen LogP contribution in [0.5, 0.6) is 0 Å². The molecule has 2 saturated carbocycles. The number of nitrogens with one attached hydrogen (secondary N) is 4. The van der Waals surface area contributed by atoms with Crippen molar-refractivity contribution in [3.05, 3.63) is 103 Å². The number of carbonyl (C=O) groups is 4. The molecule has 6 rings (SSSR count). The number of benzene rings is 2. The van der Waals surface area contributed by atoms with Gasteiger partial charge in [0.15, 0.2) is 0 Å². The molecule has 2 aromatic heterocycles. The Balaban J connectivity index is 0.000000238. The highest BCUT2D eigenvalue weighted by molar-refractivity contribution is 6.34. The minimum Gasteiger partial charge on any atom is -0.388 e. The highest BCUT2D eigenvalue weighted by atomic mass is 35.5. The Labute approximate surface area is 377 Å². The number of hydrogen-bond donors (Lipinski definition) is 6. The summed E-state index contributed by atoms with van der Waals surface area (Å²) in [5.74, 6) is -1.31. The summed E-state index contributed by atoms with van der Waals surface area (Å²) in [7, 11) is 0. The molecule has 2 fully saturated rings. The van der Waals surface area contributed by atoms with E-state index in [0.29, 0.717) is 55.8 Å². The lowest BCUT2D eigenvalue weighted by Gasteiger charge is -2.27. The first kappa shape index (κ1) is 48.9. The monoisotopic (exact) mass is 910 g/mol. The van der Waals surface area contributed by atoms with Crippen molar-refractivity contribution in [1.82, 2.24) is 39.5 Å². The molecule has 6 N–H and O–H groups in total. The summed E-state index contributed by atoms with van der Waals surface area (Å²) in [5.41, 5.74) is -0.579. The van der Waals surface area contributed by atoms with Crippen molar-refractivity contribution in [2.45, 2.75) is 122 Å². The van der Waals surface area contributed by atoms with Crippen molar-refractivity contribution >= 4 is 46.8 Å². The number of carbonyl (C=O) groups excluding carboxylic acids is 4. The Morgan fingerprint density at radius 2 is 1.06 bits per heavy atom. The van der Waals surface area contributed by atoms with E-state index in [4.69, 9.17) is 23.2 Å². The molecule has 0 unspecified atom stereocenters. The van der Waals surface area contributed by atoms with Crippen LogP contribution in [0.4, 0.5) is 0 Å². The van der Waals surface area contributed by atoms with Gasteiger partial charge < -0.3 is 31.5 Å². The summed E-state index contributed by atoms with van der Waals surface area (Å²) in [5, 5.41) is 33.0. The van der Waals surface area contributed by atoms with Crippen molar-refractivity contribution in [3.63, 3.8) is 0 Å². The molecule has 342 valence electrons.